The number of rotatable bonds is 10. The second-order valence-electron chi connectivity index (χ2n) is 5.37. The zero-order chi connectivity index (χ0) is 15.7. The van der Waals surface area contributed by atoms with Crippen molar-refractivity contribution < 1.29 is 9.84 Å². The fourth-order valence-corrected chi connectivity index (χ4v) is 3.75. The van der Waals surface area contributed by atoms with Crippen LogP contribution < -0.4 is 10.1 Å². The average Bonchev–Trinajstić information content (AvgIpc) is 2.48. The van der Waals surface area contributed by atoms with Gasteiger partial charge in [-0.05, 0) is 37.1 Å². The first-order valence-corrected chi connectivity index (χ1v) is 8.70. The van der Waals surface area contributed by atoms with Crippen molar-refractivity contribution in [2.75, 3.05) is 20.3 Å². The molecule has 0 aliphatic carbocycles. The Hall–Kier alpha value is -0.710. The van der Waals surface area contributed by atoms with E-state index in [1.54, 1.807) is 7.11 Å². The molecule has 1 aromatic rings. The summed E-state index contributed by atoms with van der Waals surface area (Å²) in [7, 11) is 1.69. The molecule has 1 rings (SSSR count). The first-order valence-electron chi connectivity index (χ1n) is 7.76. The van der Waals surface area contributed by atoms with Crippen molar-refractivity contribution in [3.63, 3.8) is 0 Å². The Morgan fingerprint density at radius 3 is 2.43 bits per heavy atom. The topological polar surface area (TPSA) is 41.5 Å². The zero-order valence-corrected chi connectivity index (χ0v) is 14.5. The first kappa shape index (κ1) is 18.3. The molecular weight excluding hydrogens is 282 g/mol. The van der Waals surface area contributed by atoms with E-state index in [0.29, 0.717) is 16.5 Å². The van der Waals surface area contributed by atoms with Crippen LogP contribution in [0.4, 0.5) is 0 Å². The number of benzene rings is 1. The molecule has 0 fully saturated rings. The number of hydrogen-bond donors (Lipinski definition) is 2. The monoisotopic (exact) mass is 311 g/mol. The maximum absolute atomic E-state index is 9.06. The molecule has 0 radical (unpaired) electrons. The molecule has 3 atom stereocenters. The van der Waals surface area contributed by atoms with Crippen molar-refractivity contribution >= 4 is 11.8 Å². The van der Waals surface area contributed by atoms with Gasteiger partial charge in [0, 0.05) is 23.1 Å². The maximum atomic E-state index is 9.06. The predicted molar refractivity (Wildman–Crippen MR) is 92.2 cm³/mol. The highest BCUT2D eigenvalue weighted by Crippen LogP contribution is 2.31. The molecule has 0 amide bonds. The summed E-state index contributed by atoms with van der Waals surface area (Å²) in [6.45, 7) is 7.90. The molecule has 0 bridgehead atoms. The summed E-state index contributed by atoms with van der Waals surface area (Å²) in [6, 6.07) is 8.64. The number of nitrogens with one attached hydrogen (secondary N) is 1. The van der Waals surface area contributed by atoms with Gasteiger partial charge >= 0.3 is 0 Å². The molecule has 0 spiro atoms. The number of hydrogen-bond acceptors (Lipinski definition) is 4. The molecule has 21 heavy (non-hydrogen) atoms. The molecular formula is C17H29NO2S. The van der Waals surface area contributed by atoms with Gasteiger partial charge in [-0.3, -0.25) is 0 Å². The van der Waals surface area contributed by atoms with Crippen molar-refractivity contribution in [2.45, 2.75) is 50.2 Å². The second-order valence-corrected chi connectivity index (χ2v) is 7.19. The van der Waals surface area contributed by atoms with Crippen LogP contribution in [0.1, 0.15) is 45.2 Å². The lowest BCUT2D eigenvalue weighted by Crippen LogP contribution is -2.30. The molecule has 4 heteroatoms. The van der Waals surface area contributed by atoms with E-state index in [9.17, 15) is 0 Å². The summed E-state index contributed by atoms with van der Waals surface area (Å²) < 4.78 is 5.23. The Labute approximate surface area is 133 Å². The van der Waals surface area contributed by atoms with Crippen LogP contribution in [0.3, 0.4) is 0 Å². The number of thioether (sulfide) groups is 1. The van der Waals surface area contributed by atoms with Crippen LogP contribution in [0.5, 0.6) is 5.75 Å². The van der Waals surface area contributed by atoms with Crippen LogP contribution >= 0.6 is 11.8 Å². The van der Waals surface area contributed by atoms with Crippen LogP contribution in [-0.2, 0) is 0 Å². The van der Waals surface area contributed by atoms with Crippen LogP contribution in [0.15, 0.2) is 24.3 Å². The number of aliphatic hydroxyl groups is 1. The number of aliphatic hydroxyl groups excluding tert-OH is 1. The fourth-order valence-electron chi connectivity index (χ4n) is 2.36. The summed E-state index contributed by atoms with van der Waals surface area (Å²) in [5, 5.41) is 13.6. The number of methoxy groups -OCH3 is 1. The van der Waals surface area contributed by atoms with Gasteiger partial charge < -0.3 is 15.2 Å². The minimum absolute atomic E-state index is 0.260. The Bertz CT molecular complexity index is 383. The molecule has 3 nitrogen and oxygen atoms in total. The van der Waals surface area contributed by atoms with Crippen molar-refractivity contribution in [3.05, 3.63) is 29.8 Å². The number of ether oxygens (including phenoxy) is 1. The van der Waals surface area contributed by atoms with Crippen molar-refractivity contribution in [1.29, 1.82) is 0 Å². The van der Waals surface area contributed by atoms with Crippen molar-refractivity contribution in [2.24, 2.45) is 0 Å². The largest absolute Gasteiger partial charge is 0.497 e. The molecule has 0 aromatic heterocycles. The minimum atomic E-state index is 0.260. The van der Waals surface area contributed by atoms with Gasteiger partial charge in [0.1, 0.15) is 5.75 Å². The molecule has 2 N–H and O–H groups in total. The van der Waals surface area contributed by atoms with E-state index in [4.69, 9.17) is 9.84 Å². The Morgan fingerprint density at radius 1 is 1.24 bits per heavy atom. The highest BCUT2D eigenvalue weighted by molar-refractivity contribution is 8.00. The zero-order valence-electron chi connectivity index (χ0n) is 13.6. The lowest BCUT2D eigenvalue weighted by molar-refractivity contribution is 0.288. The van der Waals surface area contributed by atoms with Gasteiger partial charge in [-0.25, -0.2) is 0 Å². The normalized spacial score (nSPS) is 15.5. The van der Waals surface area contributed by atoms with Gasteiger partial charge in [0.05, 0.1) is 7.11 Å². The third-order valence-electron chi connectivity index (χ3n) is 3.54. The quantitative estimate of drug-likeness (QED) is 0.692. The van der Waals surface area contributed by atoms with E-state index in [1.165, 1.54) is 5.56 Å². The third kappa shape index (κ3) is 6.29. The van der Waals surface area contributed by atoms with Crippen molar-refractivity contribution in [1.82, 2.24) is 5.32 Å². The molecule has 0 aliphatic heterocycles. The van der Waals surface area contributed by atoms with Gasteiger partial charge in [0.25, 0.3) is 0 Å². The molecule has 120 valence electrons. The van der Waals surface area contributed by atoms with E-state index < -0.39 is 0 Å². The summed E-state index contributed by atoms with van der Waals surface area (Å²) in [5.41, 5.74) is 1.29. The molecule has 0 saturated heterocycles. The third-order valence-corrected chi connectivity index (χ3v) is 4.94. The molecule has 0 saturated carbocycles. The standard InChI is InChI=1S/C17H29NO2S/c1-5-11-18-17(14(3)21-13(2)10-12-19)15-6-8-16(20-4)9-7-15/h6-9,13-14,17-19H,5,10-12H2,1-4H3. The van der Waals surface area contributed by atoms with Gasteiger partial charge in [-0.1, -0.05) is 32.9 Å². The summed E-state index contributed by atoms with van der Waals surface area (Å²) in [5.74, 6) is 0.891. The Kier molecular flexibility index (Phi) is 8.81. The summed E-state index contributed by atoms with van der Waals surface area (Å²) in [4.78, 5) is 0. The summed E-state index contributed by atoms with van der Waals surface area (Å²) in [6.07, 6.45) is 1.97. The Balaban J connectivity index is 2.77. The van der Waals surface area contributed by atoms with Crippen LogP contribution in [0, 0.1) is 0 Å². The minimum Gasteiger partial charge on any atom is -0.497 e. The van der Waals surface area contributed by atoms with E-state index in [0.717, 1.165) is 25.1 Å². The van der Waals surface area contributed by atoms with Crippen molar-refractivity contribution in [3.8, 4) is 5.75 Å². The van der Waals surface area contributed by atoms with Gasteiger partial charge in [0.15, 0.2) is 0 Å². The van der Waals surface area contributed by atoms with Gasteiger partial charge in [-0.2, -0.15) is 11.8 Å². The molecule has 3 unspecified atom stereocenters. The highest BCUT2D eigenvalue weighted by Gasteiger charge is 2.21. The SMILES string of the molecule is CCCNC(c1ccc(OC)cc1)C(C)SC(C)CCO. The molecule has 0 aliphatic rings. The maximum Gasteiger partial charge on any atom is 0.118 e. The highest BCUT2D eigenvalue weighted by atomic mass is 32.2. The fraction of sp³-hybridized carbons (Fsp3) is 0.647. The van der Waals surface area contributed by atoms with Crippen LogP contribution in [0.25, 0.3) is 0 Å². The van der Waals surface area contributed by atoms with E-state index in [2.05, 4.69) is 38.2 Å². The average molecular weight is 311 g/mol. The van der Waals surface area contributed by atoms with E-state index in [1.807, 2.05) is 23.9 Å². The van der Waals surface area contributed by atoms with Gasteiger partial charge in [-0.15, -0.1) is 0 Å². The Morgan fingerprint density at radius 2 is 1.90 bits per heavy atom. The molecule has 1 aromatic carbocycles. The summed E-state index contributed by atoms with van der Waals surface area (Å²) >= 11 is 1.93. The van der Waals surface area contributed by atoms with E-state index in [-0.39, 0.29) is 6.61 Å². The predicted octanol–water partition coefficient (Wildman–Crippen LogP) is 3.63. The molecule has 0 heterocycles. The van der Waals surface area contributed by atoms with Crippen LogP contribution in [-0.4, -0.2) is 35.9 Å². The van der Waals surface area contributed by atoms with Gasteiger partial charge in [0.2, 0.25) is 0 Å². The van der Waals surface area contributed by atoms with Crippen LogP contribution in [0.2, 0.25) is 0 Å². The lowest BCUT2D eigenvalue weighted by atomic mass is 10.0. The smallest absolute Gasteiger partial charge is 0.118 e. The second kappa shape index (κ2) is 10.1. The first-order chi connectivity index (χ1) is 10.1. The van der Waals surface area contributed by atoms with E-state index >= 15 is 0 Å². The lowest BCUT2D eigenvalue weighted by Gasteiger charge is -2.27.